The molecule has 2 aromatic rings. The molecule has 2 aromatic carbocycles. The van der Waals surface area contributed by atoms with Crippen LogP contribution in [-0.2, 0) is 6.42 Å². The number of rotatable bonds is 2. The Labute approximate surface area is 141 Å². The van der Waals surface area contributed by atoms with Gasteiger partial charge in [-0.05, 0) is 63.9 Å². The molecule has 0 spiro atoms. The largest absolute Gasteiger partial charge is 0.384 e. The van der Waals surface area contributed by atoms with Crippen molar-refractivity contribution in [2.75, 3.05) is 6.54 Å². The van der Waals surface area contributed by atoms with Crippen LogP contribution in [0.1, 0.15) is 33.2 Å². The van der Waals surface area contributed by atoms with Crippen LogP contribution in [0.5, 0.6) is 0 Å². The molecule has 0 aromatic heterocycles. The molecule has 1 amide bonds. The summed E-state index contributed by atoms with van der Waals surface area (Å²) < 4.78 is 0.940. The van der Waals surface area contributed by atoms with Crippen LogP contribution in [0.15, 0.2) is 36.4 Å². The predicted molar refractivity (Wildman–Crippen MR) is 90.7 cm³/mol. The molecule has 0 aliphatic carbocycles. The van der Waals surface area contributed by atoms with Gasteiger partial charge in [-0.2, -0.15) is 0 Å². The molecule has 0 bridgehead atoms. The summed E-state index contributed by atoms with van der Waals surface area (Å²) in [5.41, 5.74) is 3.09. The predicted octanol–water partition coefficient (Wildman–Crippen LogP) is 3.31. The Kier molecular flexibility index (Phi) is 4.19. The molecule has 5 heteroatoms. The number of halogens is 2. The molecular formula is C16H13ClINO2. The van der Waals surface area contributed by atoms with E-state index in [1.54, 1.807) is 12.1 Å². The quantitative estimate of drug-likeness (QED) is 0.742. The fraction of sp³-hybridized carbons (Fsp3) is 0.188. The molecule has 108 valence electrons. The van der Waals surface area contributed by atoms with Crippen LogP contribution in [-0.4, -0.2) is 17.6 Å². The van der Waals surface area contributed by atoms with Crippen LogP contribution < -0.4 is 5.32 Å². The number of carbonyl (C=O) groups is 1. The summed E-state index contributed by atoms with van der Waals surface area (Å²) in [6, 6.07) is 11.0. The summed E-state index contributed by atoms with van der Waals surface area (Å²) in [5.74, 6) is -0.0778. The van der Waals surface area contributed by atoms with Crippen molar-refractivity contribution in [2.45, 2.75) is 12.5 Å². The Hall–Kier alpha value is -1.11. The van der Waals surface area contributed by atoms with Gasteiger partial charge in [-0.15, -0.1) is 0 Å². The van der Waals surface area contributed by atoms with Gasteiger partial charge in [-0.3, -0.25) is 4.79 Å². The molecule has 0 saturated heterocycles. The van der Waals surface area contributed by atoms with Crippen molar-refractivity contribution in [1.82, 2.24) is 5.32 Å². The molecule has 1 unspecified atom stereocenters. The first-order valence-corrected chi connectivity index (χ1v) is 8.06. The Bertz CT molecular complexity index is 717. The summed E-state index contributed by atoms with van der Waals surface area (Å²) in [5, 5.41) is 13.9. The second-order valence-electron chi connectivity index (χ2n) is 5.00. The lowest BCUT2D eigenvalue weighted by Crippen LogP contribution is -2.31. The summed E-state index contributed by atoms with van der Waals surface area (Å²) >= 11 is 8.24. The third-order valence-electron chi connectivity index (χ3n) is 3.63. The second kappa shape index (κ2) is 5.94. The highest BCUT2D eigenvalue weighted by molar-refractivity contribution is 14.1. The number of fused-ring (bicyclic) bond motifs is 1. The normalized spacial score (nSPS) is 15.3. The van der Waals surface area contributed by atoms with Gasteiger partial charge in [0.05, 0.1) is 5.02 Å². The van der Waals surface area contributed by atoms with Crippen LogP contribution >= 0.6 is 34.2 Å². The van der Waals surface area contributed by atoms with Gasteiger partial charge >= 0.3 is 0 Å². The molecule has 0 radical (unpaired) electrons. The smallest absolute Gasteiger partial charge is 0.251 e. The molecule has 1 atom stereocenters. The number of aliphatic hydroxyl groups excluding tert-OH is 1. The van der Waals surface area contributed by atoms with Crippen molar-refractivity contribution >= 4 is 40.1 Å². The standard InChI is InChI=1S/C16H13ClINO2/c17-13-8-11(3-4-14(13)18)15(20)10-2-1-9-5-6-19-16(21)12(9)7-10/h1-4,7-8,15,20H,5-6H2,(H,19,21). The lowest BCUT2D eigenvalue weighted by molar-refractivity contribution is 0.0945. The van der Waals surface area contributed by atoms with Crippen LogP contribution in [0.25, 0.3) is 0 Å². The lowest BCUT2D eigenvalue weighted by atomic mass is 9.94. The molecular weight excluding hydrogens is 401 g/mol. The molecule has 0 saturated carbocycles. The third kappa shape index (κ3) is 2.93. The second-order valence-corrected chi connectivity index (χ2v) is 6.57. The van der Waals surface area contributed by atoms with Crippen LogP contribution in [0.3, 0.4) is 0 Å². The van der Waals surface area contributed by atoms with E-state index in [1.165, 1.54) is 0 Å². The van der Waals surface area contributed by atoms with Crippen molar-refractivity contribution in [3.05, 3.63) is 67.2 Å². The zero-order valence-electron chi connectivity index (χ0n) is 11.1. The molecule has 1 heterocycles. The molecule has 3 nitrogen and oxygen atoms in total. The number of amides is 1. The van der Waals surface area contributed by atoms with Crippen molar-refractivity contribution < 1.29 is 9.90 Å². The summed E-state index contributed by atoms with van der Waals surface area (Å²) in [6.07, 6.45) is 0.0341. The minimum Gasteiger partial charge on any atom is -0.384 e. The molecule has 2 N–H and O–H groups in total. The molecule has 1 aliphatic heterocycles. The number of hydrogen-bond acceptors (Lipinski definition) is 2. The van der Waals surface area contributed by atoms with Crippen LogP contribution in [0, 0.1) is 3.57 Å². The van der Waals surface area contributed by atoms with E-state index in [4.69, 9.17) is 11.6 Å². The first-order chi connectivity index (χ1) is 10.1. The number of hydrogen-bond donors (Lipinski definition) is 2. The maximum absolute atomic E-state index is 11.9. The van der Waals surface area contributed by atoms with E-state index < -0.39 is 6.10 Å². The van der Waals surface area contributed by atoms with E-state index in [0.29, 0.717) is 22.7 Å². The lowest BCUT2D eigenvalue weighted by Gasteiger charge is -2.19. The monoisotopic (exact) mass is 413 g/mol. The molecule has 0 fully saturated rings. The number of carbonyl (C=O) groups excluding carboxylic acids is 1. The van der Waals surface area contributed by atoms with E-state index in [-0.39, 0.29) is 5.91 Å². The maximum Gasteiger partial charge on any atom is 0.251 e. The van der Waals surface area contributed by atoms with Crippen molar-refractivity contribution in [3.8, 4) is 0 Å². The zero-order chi connectivity index (χ0) is 15.0. The van der Waals surface area contributed by atoms with E-state index >= 15 is 0 Å². The van der Waals surface area contributed by atoms with E-state index in [9.17, 15) is 9.90 Å². The average molecular weight is 414 g/mol. The summed E-state index contributed by atoms with van der Waals surface area (Å²) in [6.45, 7) is 0.667. The van der Waals surface area contributed by atoms with Crippen molar-refractivity contribution in [3.63, 3.8) is 0 Å². The topological polar surface area (TPSA) is 49.3 Å². The van der Waals surface area contributed by atoms with Gasteiger partial charge in [0.25, 0.3) is 5.91 Å². The first-order valence-electron chi connectivity index (χ1n) is 6.60. The van der Waals surface area contributed by atoms with E-state index in [1.807, 2.05) is 24.3 Å². The van der Waals surface area contributed by atoms with Gasteiger partial charge in [0, 0.05) is 15.7 Å². The number of nitrogens with one attached hydrogen (secondary N) is 1. The number of aliphatic hydroxyl groups is 1. The SMILES string of the molecule is O=C1NCCc2ccc(C(O)c3ccc(I)c(Cl)c3)cc21. The summed E-state index contributed by atoms with van der Waals surface area (Å²) in [4.78, 5) is 11.9. The summed E-state index contributed by atoms with van der Waals surface area (Å²) in [7, 11) is 0. The van der Waals surface area contributed by atoms with Gasteiger partial charge in [-0.25, -0.2) is 0 Å². The highest BCUT2D eigenvalue weighted by Gasteiger charge is 2.19. The Morgan fingerprint density at radius 2 is 1.90 bits per heavy atom. The van der Waals surface area contributed by atoms with Crippen molar-refractivity contribution in [1.29, 1.82) is 0 Å². The van der Waals surface area contributed by atoms with Crippen LogP contribution in [0.4, 0.5) is 0 Å². The highest BCUT2D eigenvalue weighted by atomic mass is 127. The van der Waals surface area contributed by atoms with Gasteiger partial charge in [0.1, 0.15) is 6.10 Å². The molecule has 1 aliphatic rings. The van der Waals surface area contributed by atoms with Crippen molar-refractivity contribution in [2.24, 2.45) is 0 Å². The maximum atomic E-state index is 11.9. The van der Waals surface area contributed by atoms with Gasteiger partial charge < -0.3 is 10.4 Å². The Balaban J connectivity index is 1.98. The minimum atomic E-state index is -0.792. The Morgan fingerprint density at radius 3 is 2.67 bits per heavy atom. The highest BCUT2D eigenvalue weighted by Crippen LogP contribution is 2.28. The fourth-order valence-corrected chi connectivity index (χ4v) is 3.00. The number of benzene rings is 2. The van der Waals surface area contributed by atoms with Gasteiger partial charge in [-0.1, -0.05) is 29.8 Å². The molecule has 3 rings (SSSR count). The Morgan fingerprint density at radius 1 is 1.19 bits per heavy atom. The zero-order valence-corrected chi connectivity index (χ0v) is 14.0. The third-order valence-corrected chi connectivity index (χ3v) is 5.21. The van der Waals surface area contributed by atoms with Gasteiger partial charge in [0.2, 0.25) is 0 Å². The minimum absolute atomic E-state index is 0.0778. The molecule has 21 heavy (non-hydrogen) atoms. The first kappa shape index (κ1) is 14.8. The van der Waals surface area contributed by atoms with E-state index in [2.05, 4.69) is 27.9 Å². The van der Waals surface area contributed by atoms with Gasteiger partial charge in [0.15, 0.2) is 0 Å². The average Bonchev–Trinajstić information content (AvgIpc) is 2.49. The van der Waals surface area contributed by atoms with Crippen LogP contribution in [0.2, 0.25) is 5.02 Å². The fourth-order valence-electron chi connectivity index (χ4n) is 2.47. The van der Waals surface area contributed by atoms with E-state index in [0.717, 1.165) is 21.1 Å².